The van der Waals surface area contributed by atoms with E-state index in [-0.39, 0.29) is 12.4 Å². The van der Waals surface area contributed by atoms with Gasteiger partial charge in [-0.15, -0.1) is 0 Å². The second-order valence-electron chi connectivity index (χ2n) is 5.73. The van der Waals surface area contributed by atoms with Crippen LogP contribution in [0.5, 0.6) is 11.5 Å². The van der Waals surface area contributed by atoms with Gasteiger partial charge >= 0.3 is 5.97 Å². The molecule has 26 heavy (non-hydrogen) atoms. The maximum absolute atomic E-state index is 13.0. The maximum Gasteiger partial charge on any atom is 0.344 e. The Morgan fingerprint density at radius 2 is 1.85 bits per heavy atom. The molecule has 0 aliphatic rings. The van der Waals surface area contributed by atoms with Gasteiger partial charge in [-0.05, 0) is 73.9 Å². The lowest BCUT2D eigenvalue weighted by atomic mass is 10.1. The molecule has 0 aliphatic heterocycles. The van der Waals surface area contributed by atoms with Crippen molar-refractivity contribution in [2.75, 3.05) is 19.8 Å². The Kier molecular flexibility index (Phi) is 7.21. The van der Waals surface area contributed by atoms with Crippen molar-refractivity contribution in [1.82, 2.24) is 0 Å². The highest BCUT2D eigenvalue weighted by molar-refractivity contribution is 5.71. The molecule has 0 saturated heterocycles. The van der Waals surface area contributed by atoms with Gasteiger partial charge in [0.2, 0.25) is 0 Å². The van der Waals surface area contributed by atoms with Crippen LogP contribution in [0.4, 0.5) is 4.39 Å². The van der Waals surface area contributed by atoms with E-state index in [2.05, 4.69) is 0 Å². The molecule has 138 valence electrons. The monoisotopic (exact) mass is 358 g/mol. The fraction of sp³-hybridized carbons (Fsp3) is 0.286. The van der Waals surface area contributed by atoms with Crippen LogP contribution in [0.3, 0.4) is 0 Å². The largest absolute Gasteiger partial charge is 0.490 e. The second kappa shape index (κ2) is 9.61. The quantitative estimate of drug-likeness (QED) is 0.649. The van der Waals surface area contributed by atoms with Crippen molar-refractivity contribution in [3.05, 3.63) is 65.5 Å². The van der Waals surface area contributed by atoms with Gasteiger partial charge in [0.05, 0.1) is 6.61 Å². The lowest BCUT2D eigenvalue weighted by Crippen LogP contribution is -2.14. The van der Waals surface area contributed by atoms with Crippen LogP contribution in [-0.2, 0) is 9.53 Å². The number of rotatable bonds is 8. The Labute approximate surface area is 153 Å². The van der Waals surface area contributed by atoms with Crippen molar-refractivity contribution in [1.29, 1.82) is 0 Å². The summed E-state index contributed by atoms with van der Waals surface area (Å²) in [6.07, 6.45) is 1.94. The molecule has 4 nitrogen and oxygen atoms in total. The van der Waals surface area contributed by atoms with E-state index in [0.717, 1.165) is 16.7 Å². The molecule has 0 radical (unpaired) electrons. The number of carbonyl (C=O) groups is 1. The Hall–Kier alpha value is -2.82. The standard InChI is InChI=1S/C21H23FO4/c1-4-24-21(23)14-26-20-10-9-19(13-16(20)3)25-12-11-15(2)17-5-7-18(22)8-6-17/h5-11,13H,4,12,14H2,1-3H3/b15-11+. The van der Waals surface area contributed by atoms with Gasteiger partial charge in [-0.2, -0.15) is 0 Å². The van der Waals surface area contributed by atoms with E-state index in [4.69, 9.17) is 14.2 Å². The molecule has 0 aromatic heterocycles. The third kappa shape index (κ3) is 5.92. The molecule has 0 N–H and O–H groups in total. The lowest BCUT2D eigenvalue weighted by molar-refractivity contribution is -0.145. The molecule has 2 aromatic rings. The van der Waals surface area contributed by atoms with Crippen molar-refractivity contribution < 1.29 is 23.4 Å². The third-order valence-electron chi connectivity index (χ3n) is 3.74. The van der Waals surface area contributed by atoms with Crippen molar-refractivity contribution in [2.24, 2.45) is 0 Å². The van der Waals surface area contributed by atoms with Crippen LogP contribution in [0, 0.1) is 12.7 Å². The van der Waals surface area contributed by atoms with Crippen LogP contribution in [0.25, 0.3) is 5.57 Å². The van der Waals surface area contributed by atoms with Gasteiger partial charge in [0.15, 0.2) is 6.61 Å². The van der Waals surface area contributed by atoms with Gasteiger partial charge in [0.1, 0.15) is 23.9 Å². The number of esters is 1. The molecule has 0 heterocycles. The van der Waals surface area contributed by atoms with Crippen LogP contribution in [0.2, 0.25) is 0 Å². The molecule has 0 saturated carbocycles. The fourth-order valence-corrected chi connectivity index (χ4v) is 2.31. The second-order valence-corrected chi connectivity index (χ2v) is 5.73. The number of carbonyl (C=O) groups excluding carboxylic acids is 1. The summed E-state index contributed by atoms with van der Waals surface area (Å²) in [5, 5.41) is 0. The van der Waals surface area contributed by atoms with E-state index in [1.165, 1.54) is 12.1 Å². The number of hydrogen-bond donors (Lipinski definition) is 0. The molecule has 5 heteroatoms. The summed E-state index contributed by atoms with van der Waals surface area (Å²) in [5.41, 5.74) is 2.83. The molecule has 0 unspecified atom stereocenters. The zero-order valence-corrected chi connectivity index (χ0v) is 15.3. The summed E-state index contributed by atoms with van der Waals surface area (Å²) in [6.45, 7) is 6.20. The van der Waals surface area contributed by atoms with Crippen LogP contribution >= 0.6 is 0 Å². The highest BCUT2D eigenvalue weighted by atomic mass is 19.1. The number of halogens is 1. The first-order valence-corrected chi connectivity index (χ1v) is 8.44. The van der Waals surface area contributed by atoms with E-state index in [1.807, 2.05) is 26.0 Å². The summed E-state index contributed by atoms with van der Waals surface area (Å²) >= 11 is 0. The van der Waals surface area contributed by atoms with Crippen LogP contribution in [0.1, 0.15) is 25.0 Å². The van der Waals surface area contributed by atoms with Gasteiger partial charge in [-0.25, -0.2) is 9.18 Å². The number of aryl methyl sites for hydroxylation is 1. The zero-order chi connectivity index (χ0) is 18.9. The molecule has 0 fully saturated rings. The van der Waals surface area contributed by atoms with Gasteiger partial charge < -0.3 is 14.2 Å². The summed E-state index contributed by atoms with van der Waals surface area (Å²) in [7, 11) is 0. The van der Waals surface area contributed by atoms with Gasteiger partial charge in [-0.1, -0.05) is 12.1 Å². The minimum absolute atomic E-state index is 0.117. The van der Waals surface area contributed by atoms with E-state index < -0.39 is 5.97 Å². The van der Waals surface area contributed by atoms with E-state index in [1.54, 1.807) is 31.2 Å². The molecule has 2 rings (SSSR count). The fourth-order valence-electron chi connectivity index (χ4n) is 2.31. The first kappa shape index (κ1) is 19.5. The Morgan fingerprint density at radius 3 is 2.50 bits per heavy atom. The molecule has 0 spiro atoms. The Bertz CT molecular complexity index is 766. The normalized spacial score (nSPS) is 11.2. The number of benzene rings is 2. The molecular weight excluding hydrogens is 335 g/mol. The van der Waals surface area contributed by atoms with Gasteiger partial charge in [-0.3, -0.25) is 0 Å². The minimum Gasteiger partial charge on any atom is -0.490 e. The molecule has 0 amide bonds. The van der Waals surface area contributed by atoms with Crippen LogP contribution in [-0.4, -0.2) is 25.8 Å². The third-order valence-corrected chi connectivity index (χ3v) is 3.74. The molecule has 0 bridgehead atoms. The Morgan fingerprint density at radius 1 is 1.12 bits per heavy atom. The van der Waals surface area contributed by atoms with Crippen molar-refractivity contribution in [3.8, 4) is 11.5 Å². The van der Waals surface area contributed by atoms with Crippen molar-refractivity contribution in [2.45, 2.75) is 20.8 Å². The van der Waals surface area contributed by atoms with Crippen molar-refractivity contribution >= 4 is 11.5 Å². The molecule has 0 atom stereocenters. The highest BCUT2D eigenvalue weighted by Gasteiger charge is 2.06. The van der Waals surface area contributed by atoms with E-state index in [0.29, 0.717) is 24.7 Å². The van der Waals surface area contributed by atoms with Crippen LogP contribution < -0.4 is 9.47 Å². The molecule has 2 aromatic carbocycles. The van der Waals surface area contributed by atoms with E-state index in [9.17, 15) is 9.18 Å². The highest BCUT2D eigenvalue weighted by Crippen LogP contribution is 2.24. The summed E-state index contributed by atoms with van der Waals surface area (Å²) in [5.74, 6) is 0.671. The van der Waals surface area contributed by atoms with Gasteiger partial charge in [0, 0.05) is 0 Å². The topological polar surface area (TPSA) is 44.8 Å². The summed E-state index contributed by atoms with van der Waals surface area (Å²) in [6, 6.07) is 11.7. The average Bonchev–Trinajstić information content (AvgIpc) is 2.61. The number of hydrogen-bond acceptors (Lipinski definition) is 4. The predicted molar refractivity (Wildman–Crippen MR) is 98.9 cm³/mol. The molecule has 0 aliphatic carbocycles. The predicted octanol–water partition coefficient (Wildman–Crippen LogP) is 4.56. The minimum atomic E-state index is -0.395. The lowest BCUT2D eigenvalue weighted by Gasteiger charge is -2.11. The first-order valence-electron chi connectivity index (χ1n) is 8.44. The average molecular weight is 358 g/mol. The Balaban J connectivity index is 1.90. The van der Waals surface area contributed by atoms with Crippen molar-refractivity contribution in [3.63, 3.8) is 0 Å². The van der Waals surface area contributed by atoms with Crippen LogP contribution in [0.15, 0.2) is 48.5 Å². The summed E-state index contributed by atoms with van der Waals surface area (Å²) in [4.78, 5) is 11.3. The SMILES string of the molecule is CCOC(=O)COc1ccc(OC/C=C(\C)c2ccc(F)cc2)cc1C. The first-order chi connectivity index (χ1) is 12.5. The smallest absolute Gasteiger partial charge is 0.344 e. The van der Waals surface area contributed by atoms with E-state index >= 15 is 0 Å². The maximum atomic E-state index is 13.0. The summed E-state index contributed by atoms with van der Waals surface area (Å²) < 4.78 is 28.9. The number of allylic oxidation sites excluding steroid dienone is 1. The molecular formula is C21H23FO4. The number of ether oxygens (including phenoxy) is 3. The van der Waals surface area contributed by atoms with Gasteiger partial charge in [0.25, 0.3) is 0 Å². The zero-order valence-electron chi connectivity index (χ0n) is 15.3.